The standard InChI is InChI=1S/C22H30N4O3/c1-4-18-7-5-6-12-26(18)21(27)17-14-24-22(25-15-17)23-11-10-16-8-9-19(28-2)20(13-16)29-3/h8-9,13-15,18H,4-7,10-12H2,1-3H3,(H,23,24,25). The number of likely N-dealkylation sites (tertiary alicyclic amines) is 1. The summed E-state index contributed by atoms with van der Waals surface area (Å²) in [5.41, 5.74) is 1.67. The number of rotatable bonds is 8. The molecule has 1 unspecified atom stereocenters. The molecule has 1 atom stereocenters. The molecule has 1 aromatic carbocycles. The highest BCUT2D eigenvalue weighted by molar-refractivity contribution is 5.94. The van der Waals surface area contributed by atoms with Gasteiger partial charge in [-0.15, -0.1) is 0 Å². The first-order chi connectivity index (χ1) is 14.2. The predicted octanol–water partition coefficient (Wildman–Crippen LogP) is 3.55. The number of anilines is 1. The number of nitrogens with zero attached hydrogens (tertiary/aromatic N) is 3. The van der Waals surface area contributed by atoms with Gasteiger partial charge < -0.3 is 19.7 Å². The molecule has 1 fully saturated rings. The molecule has 1 N–H and O–H groups in total. The third kappa shape index (κ3) is 5.16. The summed E-state index contributed by atoms with van der Waals surface area (Å²) >= 11 is 0. The quantitative estimate of drug-likeness (QED) is 0.733. The fourth-order valence-electron chi connectivity index (χ4n) is 3.74. The third-order valence-electron chi connectivity index (χ3n) is 5.40. The van der Waals surface area contributed by atoms with E-state index in [-0.39, 0.29) is 5.91 Å². The number of aromatic nitrogens is 2. The van der Waals surface area contributed by atoms with Crippen molar-refractivity contribution >= 4 is 11.9 Å². The second-order valence-corrected chi connectivity index (χ2v) is 7.22. The molecule has 29 heavy (non-hydrogen) atoms. The summed E-state index contributed by atoms with van der Waals surface area (Å²) < 4.78 is 10.6. The number of hydrogen-bond acceptors (Lipinski definition) is 6. The summed E-state index contributed by atoms with van der Waals surface area (Å²) in [5, 5.41) is 3.21. The number of amides is 1. The van der Waals surface area contributed by atoms with Gasteiger partial charge in [-0.2, -0.15) is 0 Å². The van der Waals surface area contributed by atoms with Crippen LogP contribution in [0.4, 0.5) is 5.95 Å². The zero-order valence-electron chi connectivity index (χ0n) is 17.5. The van der Waals surface area contributed by atoms with Gasteiger partial charge in [0.15, 0.2) is 11.5 Å². The molecular weight excluding hydrogens is 368 g/mol. The van der Waals surface area contributed by atoms with Crippen molar-refractivity contribution in [2.75, 3.05) is 32.6 Å². The van der Waals surface area contributed by atoms with Crippen LogP contribution in [-0.2, 0) is 6.42 Å². The lowest BCUT2D eigenvalue weighted by Gasteiger charge is -2.35. The highest BCUT2D eigenvalue weighted by Crippen LogP contribution is 2.27. The van der Waals surface area contributed by atoms with Crippen molar-refractivity contribution in [1.29, 1.82) is 0 Å². The van der Waals surface area contributed by atoms with E-state index in [1.54, 1.807) is 26.6 Å². The topological polar surface area (TPSA) is 76.6 Å². The normalized spacial score (nSPS) is 16.4. The molecule has 1 aromatic heterocycles. The second-order valence-electron chi connectivity index (χ2n) is 7.22. The van der Waals surface area contributed by atoms with E-state index in [4.69, 9.17) is 9.47 Å². The molecule has 156 valence electrons. The second kappa shape index (κ2) is 10.1. The van der Waals surface area contributed by atoms with Crippen molar-refractivity contribution in [2.24, 2.45) is 0 Å². The Morgan fingerprint density at radius 1 is 1.17 bits per heavy atom. The molecule has 7 heteroatoms. The van der Waals surface area contributed by atoms with Gasteiger partial charge in [0, 0.05) is 31.5 Å². The monoisotopic (exact) mass is 398 g/mol. The van der Waals surface area contributed by atoms with Crippen molar-refractivity contribution in [2.45, 2.75) is 45.1 Å². The maximum absolute atomic E-state index is 12.8. The van der Waals surface area contributed by atoms with Gasteiger partial charge in [-0.3, -0.25) is 4.79 Å². The number of hydrogen-bond donors (Lipinski definition) is 1. The Hall–Kier alpha value is -2.83. The van der Waals surface area contributed by atoms with Crippen LogP contribution in [0.1, 0.15) is 48.5 Å². The zero-order chi connectivity index (χ0) is 20.6. The molecule has 1 aliphatic heterocycles. The van der Waals surface area contributed by atoms with E-state index >= 15 is 0 Å². The Kier molecular flexibility index (Phi) is 7.27. The fourth-order valence-corrected chi connectivity index (χ4v) is 3.74. The van der Waals surface area contributed by atoms with Gasteiger partial charge in [-0.05, 0) is 49.8 Å². The largest absolute Gasteiger partial charge is 0.493 e. The molecule has 0 bridgehead atoms. The van der Waals surface area contributed by atoms with E-state index < -0.39 is 0 Å². The van der Waals surface area contributed by atoms with Gasteiger partial charge in [0.2, 0.25) is 5.95 Å². The van der Waals surface area contributed by atoms with Gasteiger partial charge >= 0.3 is 0 Å². The minimum Gasteiger partial charge on any atom is -0.493 e. The molecule has 1 aliphatic rings. The average molecular weight is 399 g/mol. The summed E-state index contributed by atoms with van der Waals surface area (Å²) in [4.78, 5) is 23.4. The van der Waals surface area contributed by atoms with Gasteiger partial charge in [0.05, 0.1) is 19.8 Å². The molecule has 0 saturated carbocycles. The molecule has 3 rings (SSSR count). The number of nitrogens with one attached hydrogen (secondary N) is 1. The highest BCUT2D eigenvalue weighted by Gasteiger charge is 2.26. The van der Waals surface area contributed by atoms with Crippen LogP contribution in [-0.4, -0.2) is 54.1 Å². The van der Waals surface area contributed by atoms with E-state index in [2.05, 4.69) is 22.2 Å². The van der Waals surface area contributed by atoms with E-state index in [9.17, 15) is 4.79 Å². The maximum Gasteiger partial charge on any atom is 0.257 e. The van der Waals surface area contributed by atoms with Crippen molar-refractivity contribution < 1.29 is 14.3 Å². The summed E-state index contributed by atoms with van der Waals surface area (Å²) in [6.45, 7) is 3.63. The molecule has 0 radical (unpaired) electrons. The Morgan fingerprint density at radius 2 is 1.93 bits per heavy atom. The molecule has 2 heterocycles. The molecular formula is C22H30N4O3. The van der Waals surface area contributed by atoms with Gasteiger partial charge in [-0.1, -0.05) is 13.0 Å². The molecule has 0 aliphatic carbocycles. The van der Waals surface area contributed by atoms with Crippen molar-refractivity contribution in [3.63, 3.8) is 0 Å². The summed E-state index contributed by atoms with van der Waals surface area (Å²) in [6, 6.07) is 6.20. The van der Waals surface area contributed by atoms with E-state index in [1.807, 2.05) is 23.1 Å². The van der Waals surface area contributed by atoms with Crippen LogP contribution in [0, 0.1) is 0 Å². The summed E-state index contributed by atoms with van der Waals surface area (Å²) in [5.74, 6) is 1.99. The predicted molar refractivity (Wildman–Crippen MR) is 113 cm³/mol. The van der Waals surface area contributed by atoms with Crippen molar-refractivity contribution in [3.05, 3.63) is 41.7 Å². The van der Waals surface area contributed by atoms with Crippen LogP contribution in [0.5, 0.6) is 11.5 Å². The Labute approximate surface area is 172 Å². The van der Waals surface area contributed by atoms with Crippen LogP contribution in [0.3, 0.4) is 0 Å². The Balaban J connectivity index is 1.55. The van der Waals surface area contributed by atoms with E-state index in [0.717, 1.165) is 37.8 Å². The first-order valence-electron chi connectivity index (χ1n) is 10.2. The number of benzene rings is 1. The first kappa shape index (κ1) is 20.9. The first-order valence-corrected chi connectivity index (χ1v) is 10.2. The highest BCUT2D eigenvalue weighted by atomic mass is 16.5. The molecule has 1 amide bonds. The Bertz CT molecular complexity index is 810. The lowest BCUT2D eigenvalue weighted by molar-refractivity contribution is 0.0607. The minimum atomic E-state index is 0.0356. The van der Waals surface area contributed by atoms with Gasteiger partial charge in [-0.25, -0.2) is 9.97 Å². The van der Waals surface area contributed by atoms with Crippen LogP contribution >= 0.6 is 0 Å². The van der Waals surface area contributed by atoms with E-state index in [1.165, 1.54) is 6.42 Å². The SMILES string of the molecule is CCC1CCCCN1C(=O)c1cnc(NCCc2ccc(OC)c(OC)c2)nc1. The molecule has 1 saturated heterocycles. The van der Waals surface area contributed by atoms with Crippen LogP contribution in [0.15, 0.2) is 30.6 Å². The van der Waals surface area contributed by atoms with Gasteiger partial charge in [0.25, 0.3) is 5.91 Å². The van der Waals surface area contributed by atoms with Crippen LogP contribution in [0.25, 0.3) is 0 Å². The summed E-state index contributed by atoms with van der Waals surface area (Å²) in [7, 11) is 3.25. The lowest BCUT2D eigenvalue weighted by atomic mass is 9.99. The van der Waals surface area contributed by atoms with Gasteiger partial charge in [0.1, 0.15) is 0 Å². The van der Waals surface area contributed by atoms with Crippen LogP contribution in [0.2, 0.25) is 0 Å². The number of methoxy groups -OCH3 is 2. The minimum absolute atomic E-state index is 0.0356. The molecule has 2 aromatic rings. The van der Waals surface area contributed by atoms with Crippen LogP contribution < -0.4 is 14.8 Å². The molecule has 0 spiro atoms. The number of carbonyl (C=O) groups is 1. The number of ether oxygens (including phenoxy) is 2. The third-order valence-corrected chi connectivity index (χ3v) is 5.40. The smallest absolute Gasteiger partial charge is 0.257 e. The Morgan fingerprint density at radius 3 is 2.62 bits per heavy atom. The van der Waals surface area contributed by atoms with E-state index in [0.29, 0.717) is 35.6 Å². The lowest BCUT2D eigenvalue weighted by Crippen LogP contribution is -2.43. The number of piperidine rings is 1. The van der Waals surface area contributed by atoms with Crippen molar-refractivity contribution in [1.82, 2.24) is 14.9 Å². The maximum atomic E-state index is 12.8. The summed E-state index contributed by atoms with van der Waals surface area (Å²) in [6.07, 6.45) is 8.36. The molecule has 7 nitrogen and oxygen atoms in total. The average Bonchev–Trinajstić information content (AvgIpc) is 2.78. The fraction of sp³-hybridized carbons (Fsp3) is 0.500. The number of carbonyl (C=O) groups excluding carboxylic acids is 1. The van der Waals surface area contributed by atoms with Crippen molar-refractivity contribution in [3.8, 4) is 11.5 Å². The zero-order valence-corrected chi connectivity index (χ0v) is 17.5.